The first-order chi connectivity index (χ1) is 19.0. The van der Waals surface area contributed by atoms with E-state index in [-0.39, 0.29) is 28.9 Å². The summed E-state index contributed by atoms with van der Waals surface area (Å²) in [5.41, 5.74) is 14.4. The summed E-state index contributed by atoms with van der Waals surface area (Å²) in [6, 6.07) is 15.5. The molecule has 0 spiro atoms. The minimum atomic E-state index is -3.78. The Bertz CT molecular complexity index is 1680. The molecule has 0 amide bonds. The first-order valence-corrected chi connectivity index (χ1v) is 14.1. The molecule has 0 aliphatic heterocycles. The Hall–Kier alpha value is -4.49. The normalized spacial score (nSPS) is 11.5. The highest BCUT2D eigenvalue weighted by molar-refractivity contribution is 7.89. The second-order valence-electron chi connectivity index (χ2n) is 9.33. The Morgan fingerprint density at radius 1 is 1.00 bits per heavy atom. The van der Waals surface area contributed by atoms with Crippen LogP contribution in [-0.4, -0.2) is 50.5 Å². The molecule has 0 fully saturated rings. The molecule has 0 saturated carbocycles. The highest BCUT2D eigenvalue weighted by Gasteiger charge is 2.20. The Morgan fingerprint density at radius 2 is 1.73 bits per heavy atom. The lowest BCUT2D eigenvalue weighted by molar-refractivity contribution is -0.383. The summed E-state index contributed by atoms with van der Waals surface area (Å²) in [5, 5.41) is 16.3. The molecule has 3 aromatic carbocycles. The van der Waals surface area contributed by atoms with E-state index in [2.05, 4.69) is 20.0 Å². The highest BCUT2D eigenvalue weighted by Crippen LogP contribution is 2.35. The molecular weight excluding hydrogens is 532 g/mol. The van der Waals surface area contributed by atoms with Gasteiger partial charge >= 0.3 is 0 Å². The summed E-state index contributed by atoms with van der Waals surface area (Å²) < 4.78 is 28.9. The molecule has 4 rings (SSSR count). The number of nitrogens with two attached hydrogens (primary N) is 2. The van der Waals surface area contributed by atoms with Crippen molar-refractivity contribution in [2.24, 2.45) is 0 Å². The maximum Gasteiger partial charge on any atom is 0.292 e. The van der Waals surface area contributed by atoms with E-state index in [1.54, 1.807) is 30.3 Å². The van der Waals surface area contributed by atoms with Gasteiger partial charge in [0.25, 0.3) is 5.69 Å². The molecular formula is C27H32N8O4S. The van der Waals surface area contributed by atoms with Crippen molar-refractivity contribution in [2.75, 3.05) is 48.9 Å². The van der Waals surface area contributed by atoms with Crippen LogP contribution in [0.1, 0.15) is 19.0 Å². The maximum atomic E-state index is 13.1. The molecule has 13 heteroatoms. The zero-order chi connectivity index (χ0) is 29.0. The van der Waals surface area contributed by atoms with E-state index < -0.39 is 14.9 Å². The van der Waals surface area contributed by atoms with Crippen molar-refractivity contribution in [1.29, 1.82) is 0 Å². The Kier molecular flexibility index (Phi) is 8.35. The average Bonchev–Trinajstić information content (AvgIpc) is 2.91. The van der Waals surface area contributed by atoms with Crippen LogP contribution in [0.2, 0.25) is 0 Å². The minimum absolute atomic E-state index is 0.0419. The van der Waals surface area contributed by atoms with E-state index in [0.29, 0.717) is 47.3 Å². The third-order valence-corrected chi connectivity index (χ3v) is 7.96. The van der Waals surface area contributed by atoms with Gasteiger partial charge in [-0.2, -0.15) is 4.98 Å². The van der Waals surface area contributed by atoms with Crippen molar-refractivity contribution in [3.8, 4) is 11.1 Å². The van der Waals surface area contributed by atoms with Crippen molar-refractivity contribution in [3.63, 3.8) is 0 Å². The van der Waals surface area contributed by atoms with Crippen molar-refractivity contribution >= 4 is 49.6 Å². The van der Waals surface area contributed by atoms with Gasteiger partial charge in [0.2, 0.25) is 16.0 Å². The van der Waals surface area contributed by atoms with Crippen molar-refractivity contribution in [3.05, 3.63) is 70.4 Å². The Labute approximate surface area is 232 Å². The van der Waals surface area contributed by atoms with Crippen LogP contribution in [0.5, 0.6) is 0 Å². The molecule has 0 bridgehead atoms. The molecule has 1 aromatic heterocycles. The van der Waals surface area contributed by atoms with E-state index in [4.69, 9.17) is 11.5 Å². The van der Waals surface area contributed by atoms with Gasteiger partial charge in [0.05, 0.1) is 15.5 Å². The Balaban J connectivity index is 1.45. The summed E-state index contributed by atoms with van der Waals surface area (Å²) in [6.07, 6.45) is 0.913. The first-order valence-electron chi connectivity index (χ1n) is 12.7. The third-order valence-electron chi connectivity index (χ3n) is 6.44. The summed E-state index contributed by atoms with van der Waals surface area (Å²) >= 11 is 0. The fourth-order valence-corrected chi connectivity index (χ4v) is 5.88. The van der Waals surface area contributed by atoms with Gasteiger partial charge in [-0.05, 0) is 36.6 Å². The SMILES string of the molecule is CCc1nc(N)nc(N)c1-c1ccc(NCCCNS(=O)(=O)c2cccc3c(N(C)C)cccc23)c([N+](=O)[O-])c1. The topological polar surface area (TPSA) is 182 Å². The van der Waals surface area contributed by atoms with E-state index in [0.717, 1.165) is 11.1 Å². The predicted molar refractivity (Wildman–Crippen MR) is 159 cm³/mol. The van der Waals surface area contributed by atoms with Crippen LogP contribution >= 0.6 is 0 Å². The maximum absolute atomic E-state index is 13.1. The van der Waals surface area contributed by atoms with Gasteiger partial charge in [-0.3, -0.25) is 10.1 Å². The Morgan fingerprint density at radius 3 is 2.42 bits per heavy atom. The number of aryl methyl sites for hydroxylation is 1. The number of rotatable bonds is 11. The van der Waals surface area contributed by atoms with Gasteiger partial charge in [0, 0.05) is 55.3 Å². The van der Waals surface area contributed by atoms with Crippen molar-refractivity contribution < 1.29 is 13.3 Å². The average molecular weight is 565 g/mol. The van der Waals surface area contributed by atoms with Crippen LogP contribution in [0.3, 0.4) is 0 Å². The van der Waals surface area contributed by atoms with E-state index in [1.807, 2.05) is 44.1 Å². The van der Waals surface area contributed by atoms with Crippen LogP contribution in [0.4, 0.5) is 28.8 Å². The van der Waals surface area contributed by atoms with Crippen LogP contribution in [0.15, 0.2) is 59.5 Å². The first kappa shape index (κ1) is 28.5. The van der Waals surface area contributed by atoms with Crippen LogP contribution in [-0.2, 0) is 16.4 Å². The number of nitrogens with zero attached hydrogens (tertiary/aromatic N) is 4. The number of nitrogens with one attached hydrogen (secondary N) is 2. The second-order valence-corrected chi connectivity index (χ2v) is 11.1. The van der Waals surface area contributed by atoms with E-state index in [1.165, 1.54) is 6.07 Å². The fourth-order valence-electron chi connectivity index (χ4n) is 4.59. The number of hydrogen-bond acceptors (Lipinski definition) is 10. The second kappa shape index (κ2) is 11.7. The van der Waals surface area contributed by atoms with Gasteiger partial charge in [0.15, 0.2) is 0 Å². The smallest absolute Gasteiger partial charge is 0.292 e. The number of nitrogen functional groups attached to an aromatic ring is 2. The highest BCUT2D eigenvalue weighted by atomic mass is 32.2. The lowest BCUT2D eigenvalue weighted by Crippen LogP contribution is -2.26. The third kappa shape index (κ3) is 5.90. The number of hydrogen-bond donors (Lipinski definition) is 4. The molecule has 0 saturated heterocycles. The molecule has 0 radical (unpaired) electrons. The summed E-state index contributed by atoms with van der Waals surface area (Å²) in [7, 11) is 0.0289. The molecule has 6 N–H and O–H groups in total. The van der Waals surface area contributed by atoms with Crippen LogP contribution in [0.25, 0.3) is 21.9 Å². The molecule has 12 nitrogen and oxygen atoms in total. The summed E-state index contributed by atoms with van der Waals surface area (Å²) in [4.78, 5) is 21.7. The number of sulfonamides is 1. The zero-order valence-corrected chi connectivity index (χ0v) is 23.3. The van der Waals surface area contributed by atoms with Gasteiger partial charge in [-0.15, -0.1) is 0 Å². The van der Waals surface area contributed by atoms with Crippen molar-refractivity contribution in [1.82, 2.24) is 14.7 Å². The largest absolute Gasteiger partial charge is 0.383 e. The quantitative estimate of drug-likeness (QED) is 0.119. The zero-order valence-electron chi connectivity index (χ0n) is 22.5. The van der Waals surface area contributed by atoms with Crippen LogP contribution < -0.4 is 26.4 Å². The standard InChI is InChI=1S/C27H32N8O4S/c1-4-20-25(26(28)33-27(29)32-20)17-12-13-21(23(16-17)35(36)37)30-14-7-15-31-40(38,39)24-11-6-8-18-19(24)9-5-10-22(18)34(2)3/h5-6,8-13,16,30-31H,4,7,14-15H2,1-3H3,(H4,28,29,32,33). The van der Waals surface area contributed by atoms with Crippen molar-refractivity contribution in [2.45, 2.75) is 24.7 Å². The summed E-state index contributed by atoms with van der Waals surface area (Å²) in [5.74, 6) is 0.191. The molecule has 0 aliphatic rings. The fraction of sp³-hybridized carbons (Fsp3) is 0.259. The lowest BCUT2D eigenvalue weighted by atomic mass is 10.0. The number of benzene rings is 3. The number of nitro benzene ring substituents is 1. The number of nitro groups is 1. The van der Waals surface area contributed by atoms with Gasteiger partial charge in [0.1, 0.15) is 11.5 Å². The number of anilines is 4. The molecule has 0 unspecified atom stereocenters. The molecule has 4 aromatic rings. The minimum Gasteiger partial charge on any atom is -0.383 e. The summed E-state index contributed by atoms with van der Waals surface area (Å²) in [6.45, 7) is 2.32. The molecule has 0 atom stereocenters. The molecule has 210 valence electrons. The van der Waals surface area contributed by atoms with Gasteiger partial charge in [-0.1, -0.05) is 37.3 Å². The number of aromatic nitrogens is 2. The molecule has 1 heterocycles. The van der Waals surface area contributed by atoms with E-state index >= 15 is 0 Å². The van der Waals surface area contributed by atoms with Gasteiger partial charge < -0.3 is 21.7 Å². The van der Waals surface area contributed by atoms with Gasteiger partial charge in [-0.25, -0.2) is 18.1 Å². The van der Waals surface area contributed by atoms with Crippen LogP contribution in [0, 0.1) is 10.1 Å². The molecule has 0 aliphatic carbocycles. The molecule has 40 heavy (non-hydrogen) atoms. The predicted octanol–water partition coefficient (Wildman–Crippen LogP) is 3.78. The van der Waals surface area contributed by atoms with E-state index in [9.17, 15) is 18.5 Å². The monoisotopic (exact) mass is 564 g/mol. The number of fused-ring (bicyclic) bond motifs is 1. The lowest BCUT2D eigenvalue weighted by Gasteiger charge is -2.17.